The van der Waals surface area contributed by atoms with Gasteiger partial charge in [-0.1, -0.05) is 12.1 Å². The van der Waals surface area contributed by atoms with Gasteiger partial charge in [0.05, 0.1) is 29.5 Å². The number of hydrogen-bond donors (Lipinski definition) is 1. The van der Waals surface area contributed by atoms with Gasteiger partial charge in [-0.15, -0.1) is 0 Å². The summed E-state index contributed by atoms with van der Waals surface area (Å²) in [5.41, 5.74) is 4.62. The van der Waals surface area contributed by atoms with Gasteiger partial charge >= 0.3 is 0 Å². The number of anilines is 1. The van der Waals surface area contributed by atoms with Crippen molar-refractivity contribution in [3.63, 3.8) is 0 Å². The molecule has 0 atom stereocenters. The first-order valence-electron chi connectivity index (χ1n) is 11.2. The van der Waals surface area contributed by atoms with E-state index in [1.807, 2.05) is 30.8 Å². The zero-order chi connectivity index (χ0) is 24.9. The first-order valence-corrected chi connectivity index (χ1v) is 11.2. The Morgan fingerprint density at radius 1 is 1.14 bits per heavy atom. The maximum atomic E-state index is 12.8. The molecule has 1 N–H and O–H groups in total. The summed E-state index contributed by atoms with van der Waals surface area (Å²) in [5.74, 6) is 0.266. The molecule has 0 bridgehead atoms. The Bertz CT molecular complexity index is 1370. The fraction of sp³-hybridized carbons (Fsp3) is 0.240. The van der Waals surface area contributed by atoms with Crippen molar-refractivity contribution in [3.05, 3.63) is 99.1 Å². The Kier molecular flexibility index (Phi) is 6.91. The van der Waals surface area contributed by atoms with E-state index in [0.717, 1.165) is 23.4 Å². The van der Waals surface area contributed by atoms with Crippen LogP contribution in [0.4, 0.5) is 11.4 Å². The van der Waals surface area contributed by atoms with E-state index in [4.69, 9.17) is 4.74 Å². The van der Waals surface area contributed by atoms with Gasteiger partial charge in [0, 0.05) is 41.2 Å². The molecule has 0 fully saturated rings. The molecule has 35 heavy (non-hydrogen) atoms. The van der Waals surface area contributed by atoms with Crippen molar-refractivity contribution in [2.24, 2.45) is 0 Å². The maximum absolute atomic E-state index is 12.8. The van der Waals surface area contributed by atoms with Crippen molar-refractivity contribution in [2.45, 2.75) is 40.5 Å². The number of carbonyl (C=O) groups excluding carboxylic acids is 1. The average molecular weight is 475 g/mol. The van der Waals surface area contributed by atoms with Crippen LogP contribution in [0.3, 0.4) is 0 Å². The summed E-state index contributed by atoms with van der Waals surface area (Å²) in [6, 6.07) is 11.7. The molecule has 0 spiro atoms. The van der Waals surface area contributed by atoms with E-state index in [2.05, 4.69) is 15.5 Å². The maximum Gasteiger partial charge on any atom is 0.272 e. The van der Waals surface area contributed by atoms with E-state index < -0.39 is 4.92 Å². The number of amides is 1. The number of carbonyl (C=O) groups is 1. The number of aromatic nitrogens is 4. The third-order valence-corrected chi connectivity index (χ3v) is 5.69. The lowest BCUT2D eigenvalue weighted by Crippen LogP contribution is -2.12. The Morgan fingerprint density at radius 3 is 2.69 bits per heavy atom. The minimum absolute atomic E-state index is 0.0468. The van der Waals surface area contributed by atoms with Crippen LogP contribution in [0.15, 0.2) is 61.1 Å². The summed E-state index contributed by atoms with van der Waals surface area (Å²) in [4.78, 5) is 23.3. The van der Waals surface area contributed by atoms with Crippen LogP contribution < -0.4 is 10.1 Å². The normalized spacial score (nSPS) is 10.8. The van der Waals surface area contributed by atoms with E-state index in [1.165, 1.54) is 6.07 Å². The Hall–Kier alpha value is -4.47. The molecule has 2 aromatic heterocycles. The van der Waals surface area contributed by atoms with Gasteiger partial charge in [-0.25, -0.2) is 0 Å². The molecule has 0 saturated carbocycles. The largest absolute Gasteiger partial charge is 0.489 e. The van der Waals surface area contributed by atoms with Gasteiger partial charge in [0.15, 0.2) is 0 Å². The third-order valence-electron chi connectivity index (χ3n) is 5.69. The molecule has 0 aliphatic heterocycles. The highest BCUT2D eigenvalue weighted by atomic mass is 16.6. The van der Waals surface area contributed by atoms with Crippen LogP contribution in [0.25, 0.3) is 0 Å². The molecule has 10 nitrogen and oxygen atoms in total. The number of nitro groups is 1. The molecule has 0 radical (unpaired) electrons. The van der Waals surface area contributed by atoms with Gasteiger partial charge in [-0.3, -0.25) is 24.3 Å². The summed E-state index contributed by atoms with van der Waals surface area (Å²) in [5, 5.41) is 22.5. The van der Waals surface area contributed by atoms with Crippen LogP contribution in [0.2, 0.25) is 0 Å². The quantitative estimate of drug-likeness (QED) is 0.282. The summed E-state index contributed by atoms with van der Waals surface area (Å²) >= 11 is 0. The van der Waals surface area contributed by atoms with E-state index in [0.29, 0.717) is 29.1 Å². The molecule has 4 aromatic rings. The second kappa shape index (κ2) is 10.2. The van der Waals surface area contributed by atoms with Crippen molar-refractivity contribution in [3.8, 4) is 5.75 Å². The Balaban J connectivity index is 1.37. The number of benzene rings is 2. The van der Waals surface area contributed by atoms with Crippen molar-refractivity contribution in [1.82, 2.24) is 19.6 Å². The van der Waals surface area contributed by atoms with Crippen molar-refractivity contribution in [2.75, 3.05) is 5.32 Å². The van der Waals surface area contributed by atoms with Gasteiger partial charge in [0.2, 0.25) is 0 Å². The third kappa shape index (κ3) is 5.55. The second-order valence-corrected chi connectivity index (χ2v) is 8.15. The first kappa shape index (κ1) is 23.7. The molecule has 0 aliphatic carbocycles. The minimum Gasteiger partial charge on any atom is -0.489 e. The fourth-order valence-corrected chi connectivity index (χ4v) is 3.74. The van der Waals surface area contributed by atoms with Gasteiger partial charge in [-0.05, 0) is 50.6 Å². The predicted octanol–water partition coefficient (Wildman–Crippen LogP) is 4.50. The number of nitrogens with zero attached hydrogens (tertiary/aromatic N) is 5. The zero-order valence-electron chi connectivity index (χ0n) is 19.8. The Morgan fingerprint density at radius 2 is 1.97 bits per heavy atom. The molecule has 1 amide bonds. The molecule has 4 rings (SSSR count). The number of aryl methyl sites for hydroxylation is 2. The lowest BCUT2D eigenvalue weighted by molar-refractivity contribution is -0.385. The van der Waals surface area contributed by atoms with Crippen LogP contribution in [-0.4, -0.2) is 30.4 Å². The van der Waals surface area contributed by atoms with Crippen molar-refractivity contribution in [1.29, 1.82) is 0 Å². The highest BCUT2D eigenvalue weighted by molar-refractivity contribution is 6.04. The Labute approximate surface area is 202 Å². The smallest absolute Gasteiger partial charge is 0.272 e. The van der Waals surface area contributed by atoms with E-state index in [9.17, 15) is 14.9 Å². The fourth-order valence-electron chi connectivity index (χ4n) is 3.74. The summed E-state index contributed by atoms with van der Waals surface area (Å²) in [6.45, 7) is 7.33. The van der Waals surface area contributed by atoms with Gasteiger partial charge in [-0.2, -0.15) is 10.2 Å². The monoisotopic (exact) mass is 474 g/mol. The number of rotatable bonds is 9. The highest BCUT2D eigenvalue weighted by Gasteiger charge is 2.12. The molecule has 2 heterocycles. The van der Waals surface area contributed by atoms with Crippen LogP contribution in [0.1, 0.15) is 39.7 Å². The lowest BCUT2D eigenvalue weighted by Gasteiger charge is -2.09. The van der Waals surface area contributed by atoms with E-state index in [1.54, 1.807) is 54.3 Å². The van der Waals surface area contributed by atoms with Crippen molar-refractivity contribution >= 4 is 17.3 Å². The molecule has 0 saturated heterocycles. The van der Waals surface area contributed by atoms with Crippen LogP contribution in [0, 0.1) is 24.0 Å². The summed E-state index contributed by atoms with van der Waals surface area (Å²) in [7, 11) is 0. The van der Waals surface area contributed by atoms with Crippen LogP contribution in [-0.2, 0) is 19.7 Å². The second-order valence-electron chi connectivity index (χ2n) is 8.15. The molecule has 10 heteroatoms. The summed E-state index contributed by atoms with van der Waals surface area (Å²) < 4.78 is 9.46. The highest BCUT2D eigenvalue weighted by Crippen LogP contribution is 2.24. The molecule has 0 aliphatic rings. The van der Waals surface area contributed by atoms with E-state index >= 15 is 0 Å². The SMILES string of the molecule is CCn1ncc(Cn2cc(NC(=O)c3cccc(COc4ccc([N+](=O)[O-])c(C)c4)c3)cn2)c1C. The van der Waals surface area contributed by atoms with Crippen LogP contribution >= 0.6 is 0 Å². The zero-order valence-corrected chi connectivity index (χ0v) is 19.8. The number of nitro benzene ring substituents is 1. The van der Waals surface area contributed by atoms with Gasteiger partial charge in [0.1, 0.15) is 12.4 Å². The molecular weight excluding hydrogens is 448 g/mol. The standard InChI is InChI=1S/C25H26N6O4/c1-4-30-18(3)21(12-27-30)14-29-15-22(13-26-29)28-25(32)20-7-5-6-19(11-20)16-35-23-8-9-24(31(33)34)17(2)10-23/h5-13,15H,4,14,16H2,1-3H3,(H,28,32). The first-order chi connectivity index (χ1) is 16.8. The van der Waals surface area contributed by atoms with Gasteiger partial charge in [0.25, 0.3) is 11.6 Å². The molecular formula is C25H26N6O4. The molecule has 0 unspecified atom stereocenters. The van der Waals surface area contributed by atoms with E-state index in [-0.39, 0.29) is 18.2 Å². The lowest BCUT2D eigenvalue weighted by atomic mass is 10.1. The predicted molar refractivity (Wildman–Crippen MR) is 131 cm³/mol. The number of nitrogens with one attached hydrogen (secondary N) is 1. The molecule has 180 valence electrons. The van der Waals surface area contributed by atoms with Gasteiger partial charge < -0.3 is 10.1 Å². The van der Waals surface area contributed by atoms with Crippen molar-refractivity contribution < 1.29 is 14.5 Å². The average Bonchev–Trinajstić information content (AvgIpc) is 3.43. The topological polar surface area (TPSA) is 117 Å². The molecule has 2 aromatic carbocycles. The number of ether oxygens (including phenoxy) is 1. The summed E-state index contributed by atoms with van der Waals surface area (Å²) in [6.07, 6.45) is 5.23. The minimum atomic E-state index is -0.425. The van der Waals surface area contributed by atoms with Crippen LogP contribution in [0.5, 0.6) is 5.75 Å². The number of hydrogen-bond acceptors (Lipinski definition) is 6.